The summed E-state index contributed by atoms with van der Waals surface area (Å²) in [6.45, 7) is 8.05. The molecular formula is C22H23NO. The Morgan fingerprint density at radius 2 is 1.67 bits per heavy atom. The highest BCUT2D eigenvalue weighted by Gasteiger charge is 2.48. The first-order valence-corrected chi connectivity index (χ1v) is 8.35. The van der Waals surface area contributed by atoms with Crippen LogP contribution in [-0.4, -0.2) is 16.8 Å². The highest BCUT2D eigenvalue weighted by molar-refractivity contribution is 5.90. The number of hydrogen-bond donors (Lipinski definition) is 0. The summed E-state index contributed by atoms with van der Waals surface area (Å²) in [7, 11) is 0. The Bertz CT molecular complexity index is 748. The molecule has 1 amide bonds. The quantitative estimate of drug-likeness (QED) is 0.569. The molecule has 2 aromatic rings. The zero-order valence-corrected chi connectivity index (χ0v) is 14.2. The number of carbonyl (C=O) groups is 1. The van der Waals surface area contributed by atoms with E-state index in [9.17, 15) is 4.79 Å². The lowest BCUT2D eigenvalue weighted by Crippen LogP contribution is -2.60. The molecule has 0 N–H and O–H groups in total. The third-order valence-corrected chi connectivity index (χ3v) is 4.70. The van der Waals surface area contributed by atoms with Gasteiger partial charge in [0.05, 0.1) is 18.0 Å². The molecule has 1 saturated heterocycles. The van der Waals surface area contributed by atoms with E-state index in [2.05, 4.69) is 49.9 Å². The van der Waals surface area contributed by atoms with Crippen LogP contribution in [0, 0.1) is 5.92 Å². The molecule has 1 heterocycles. The van der Waals surface area contributed by atoms with Crippen LogP contribution in [-0.2, 0) is 4.79 Å². The Morgan fingerprint density at radius 3 is 2.25 bits per heavy atom. The van der Waals surface area contributed by atoms with Crippen LogP contribution in [0.15, 0.2) is 78.9 Å². The minimum Gasteiger partial charge on any atom is -0.328 e. The van der Waals surface area contributed by atoms with E-state index in [1.807, 2.05) is 48.2 Å². The molecule has 0 aliphatic carbocycles. The average Bonchev–Trinajstić information content (AvgIpc) is 2.59. The topological polar surface area (TPSA) is 20.3 Å². The van der Waals surface area contributed by atoms with Crippen molar-refractivity contribution in [3.05, 3.63) is 90.0 Å². The molecule has 0 aromatic heterocycles. The Morgan fingerprint density at radius 1 is 1.08 bits per heavy atom. The van der Waals surface area contributed by atoms with E-state index in [1.165, 1.54) is 0 Å². The van der Waals surface area contributed by atoms with Gasteiger partial charge in [-0.2, -0.15) is 0 Å². The molecule has 0 unspecified atom stereocenters. The number of hydrogen-bond acceptors (Lipinski definition) is 1. The molecule has 2 nitrogen and oxygen atoms in total. The zero-order valence-electron chi connectivity index (χ0n) is 14.2. The number of likely N-dealkylation sites (tertiary alicyclic amines) is 1. The Balaban J connectivity index is 1.86. The van der Waals surface area contributed by atoms with Gasteiger partial charge in [-0.15, -0.1) is 0 Å². The smallest absolute Gasteiger partial charge is 0.233 e. The van der Waals surface area contributed by atoms with Gasteiger partial charge in [-0.05, 0) is 25.0 Å². The minimum absolute atomic E-state index is 0.0553. The highest BCUT2D eigenvalue weighted by atomic mass is 16.2. The standard InChI is InChI=1S/C22H23NO/c1-16(2)21-20(15-14-18-10-6-4-7-11-18)23(22(21)24)17(3)19-12-8-5-9-13-19/h4-15,17,20-21H,1H2,2-3H3/b15-14+/t17-,20-,21+/m1/s1. The molecular weight excluding hydrogens is 294 g/mol. The van der Waals surface area contributed by atoms with E-state index in [0.29, 0.717) is 0 Å². The van der Waals surface area contributed by atoms with Crippen molar-refractivity contribution in [2.24, 2.45) is 5.92 Å². The van der Waals surface area contributed by atoms with E-state index in [4.69, 9.17) is 0 Å². The van der Waals surface area contributed by atoms with E-state index >= 15 is 0 Å². The summed E-state index contributed by atoms with van der Waals surface area (Å²) < 4.78 is 0. The zero-order chi connectivity index (χ0) is 17.1. The summed E-state index contributed by atoms with van der Waals surface area (Å²) in [5, 5.41) is 0. The molecule has 24 heavy (non-hydrogen) atoms. The molecule has 0 spiro atoms. The maximum Gasteiger partial charge on any atom is 0.233 e. The van der Waals surface area contributed by atoms with Crippen LogP contribution < -0.4 is 0 Å². The first-order chi connectivity index (χ1) is 11.6. The number of amides is 1. The second kappa shape index (κ2) is 6.88. The van der Waals surface area contributed by atoms with Crippen molar-refractivity contribution in [2.75, 3.05) is 0 Å². The van der Waals surface area contributed by atoms with Crippen LogP contribution in [0.4, 0.5) is 0 Å². The van der Waals surface area contributed by atoms with Crippen LogP contribution in [0.25, 0.3) is 6.08 Å². The largest absolute Gasteiger partial charge is 0.328 e. The summed E-state index contributed by atoms with van der Waals surface area (Å²) in [6, 6.07) is 20.5. The maximum absolute atomic E-state index is 12.7. The summed E-state index contributed by atoms with van der Waals surface area (Å²) in [5.74, 6) is 0.0534. The van der Waals surface area contributed by atoms with E-state index in [0.717, 1.165) is 16.7 Å². The maximum atomic E-state index is 12.7. The number of rotatable bonds is 5. The number of nitrogens with zero attached hydrogens (tertiary/aromatic N) is 1. The Hall–Kier alpha value is -2.61. The normalized spacial score (nSPS) is 21.6. The molecule has 1 aliphatic heterocycles. The van der Waals surface area contributed by atoms with Crippen molar-refractivity contribution >= 4 is 12.0 Å². The van der Waals surface area contributed by atoms with Crippen molar-refractivity contribution in [2.45, 2.75) is 25.9 Å². The van der Waals surface area contributed by atoms with Crippen LogP contribution in [0.5, 0.6) is 0 Å². The van der Waals surface area contributed by atoms with Crippen molar-refractivity contribution in [3.63, 3.8) is 0 Å². The van der Waals surface area contributed by atoms with Crippen LogP contribution in [0.1, 0.15) is 31.0 Å². The predicted molar refractivity (Wildman–Crippen MR) is 99.3 cm³/mol. The third-order valence-electron chi connectivity index (χ3n) is 4.70. The van der Waals surface area contributed by atoms with Crippen molar-refractivity contribution < 1.29 is 4.79 Å². The van der Waals surface area contributed by atoms with Gasteiger partial charge >= 0.3 is 0 Å². The number of benzene rings is 2. The van der Waals surface area contributed by atoms with Crippen molar-refractivity contribution in [3.8, 4) is 0 Å². The highest BCUT2D eigenvalue weighted by Crippen LogP contribution is 2.39. The van der Waals surface area contributed by atoms with E-state index in [-0.39, 0.29) is 23.9 Å². The first-order valence-electron chi connectivity index (χ1n) is 8.35. The average molecular weight is 317 g/mol. The summed E-state index contributed by atoms with van der Waals surface area (Å²) in [5.41, 5.74) is 3.23. The summed E-state index contributed by atoms with van der Waals surface area (Å²) >= 11 is 0. The molecule has 2 heteroatoms. The molecule has 3 rings (SSSR count). The Kier molecular flexibility index (Phi) is 4.66. The van der Waals surface area contributed by atoms with Gasteiger partial charge in [0.2, 0.25) is 5.91 Å². The van der Waals surface area contributed by atoms with E-state index < -0.39 is 0 Å². The summed E-state index contributed by atoms with van der Waals surface area (Å²) in [4.78, 5) is 14.6. The number of β-lactam (4-membered cyclic amide) rings is 1. The van der Waals surface area contributed by atoms with Gasteiger partial charge in [-0.3, -0.25) is 4.79 Å². The van der Waals surface area contributed by atoms with Crippen LogP contribution in [0.2, 0.25) is 0 Å². The fourth-order valence-corrected chi connectivity index (χ4v) is 3.35. The van der Waals surface area contributed by atoms with Gasteiger partial charge in [0, 0.05) is 0 Å². The van der Waals surface area contributed by atoms with Gasteiger partial charge < -0.3 is 4.90 Å². The third kappa shape index (κ3) is 3.05. The molecule has 0 saturated carbocycles. The molecule has 1 aliphatic rings. The second-order valence-corrected chi connectivity index (χ2v) is 6.42. The van der Waals surface area contributed by atoms with Crippen molar-refractivity contribution in [1.82, 2.24) is 4.90 Å². The minimum atomic E-state index is -0.115. The van der Waals surface area contributed by atoms with Gasteiger partial charge in [0.25, 0.3) is 0 Å². The molecule has 2 aromatic carbocycles. The van der Waals surface area contributed by atoms with Gasteiger partial charge in [-0.25, -0.2) is 0 Å². The predicted octanol–water partition coefficient (Wildman–Crippen LogP) is 4.86. The molecule has 3 atom stereocenters. The number of carbonyl (C=O) groups excluding carboxylic acids is 1. The summed E-state index contributed by atoms with van der Waals surface area (Å²) in [6.07, 6.45) is 4.23. The van der Waals surface area contributed by atoms with Gasteiger partial charge in [-0.1, -0.05) is 85.0 Å². The van der Waals surface area contributed by atoms with Crippen LogP contribution >= 0.6 is 0 Å². The van der Waals surface area contributed by atoms with E-state index in [1.54, 1.807) is 0 Å². The first kappa shape index (κ1) is 16.3. The SMILES string of the molecule is C=C(C)[C@@H]1C(=O)N([C@H](C)c2ccccc2)[C@@H]1/C=C/c1ccccc1. The van der Waals surface area contributed by atoms with Crippen LogP contribution in [0.3, 0.4) is 0 Å². The van der Waals surface area contributed by atoms with Crippen molar-refractivity contribution in [1.29, 1.82) is 0 Å². The monoisotopic (exact) mass is 317 g/mol. The fraction of sp³-hybridized carbons (Fsp3) is 0.227. The second-order valence-electron chi connectivity index (χ2n) is 6.42. The van der Waals surface area contributed by atoms with Gasteiger partial charge in [0.15, 0.2) is 0 Å². The lowest BCUT2D eigenvalue weighted by Gasteiger charge is -2.49. The lowest BCUT2D eigenvalue weighted by molar-refractivity contribution is -0.154. The molecule has 0 bridgehead atoms. The molecule has 1 fully saturated rings. The molecule has 122 valence electrons. The lowest BCUT2D eigenvalue weighted by atomic mass is 9.80. The fourth-order valence-electron chi connectivity index (χ4n) is 3.35. The molecule has 0 radical (unpaired) electrons. The van der Waals surface area contributed by atoms with Gasteiger partial charge in [0.1, 0.15) is 0 Å². The Labute approximate surface area is 144 Å².